The van der Waals surface area contributed by atoms with Gasteiger partial charge >= 0.3 is 0 Å². The van der Waals surface area contributed by atoms with E-state index in [0.717, 1.165) is 19.0 Å². The highest BCUT2D eigenvalue weighted by atomic mass is 19.2. The van der Waals surface area contributed by atoms with Crippen molar-refractivity contribution in [2.24, 2.45) is 5.92 Å². The van der Waals surface area contributed by atoms with Crippen LogP contribution >= 0.6 is 0 Å². The minimum Gasteiger partial charge on any atom is -0.393 e. The van der Waals surface area contributed by atoms with Crippen LogP contribution < -0.4 is 0 Å². The third kappa shape index (κ3) is 2.84. The van der Waals surface area contributed by atoms with E-state index in [1.807, 2.05) is 4.90 Å². The zero-order chi connectivity index (χ0) is 13.3. The van der Waals surface area contributed by atoms with Crippen molar-refractivity contribution in [3.8, 4) is 0 Å². The van der Waals surface area contributed by atoms with Crippen molar-refractivity contribution in [1.82, 2.24) is 4.90 Å². The highest BCUT2D eigenvalue weighted by molar-refractivity contribution is 5.20. The Bertz CT molecular complexity index is 436. The molecule has 18 heavy (non-hydrogen) atoms. The van der Waals surface area contributed by atoms with Crippen molar-refractivity contribution < 1.29 is 18.3 Å². The van der Waals surface area contributed by atoms with E-state index < -0.39 is 23.6 Å². The molecule has 2 unspecified atom stereocenters. The van der Waals surface area contributed by atoms with Gasteiger partial charge in [-0.2, -0.15) is 0 Å². The Hall–Kier alpha value is -1.07. The lowest BCUT2D eigenvalue weighted by Gasteiger charge is -2.17. The lowest BCUT2D eigenvalue weighted by atomic mass is 10.0. The first-order valence-corrected chi connectivity index (χ1v) is 6.01. The molecular formula is C13H16F3NO. The maximum Gasteiger partial charge on any atom is 0.161 e. The van der Waals surface area contributed by atoms with E-state index in [1.165, 1.54) is 0 Å². The second-order valence-corrected chi connectivity index (χ2v) is 4.88. The van der Waals surface area contributed by atoms with Gasteiger partial charge in [0.1, 0.15) is 5.82 Å². The predicted octanol–water partition coefficient (Wildman–Crippen LogP) is 2.31. The van der Waals surface area contributed by atoms with E-state index >= 15 is 0 Å². The smallest absolute Gasteiger partial charge is 0.161 e. The van der Waals surface area contributed by atoms with E-state index in [4.69, 9.17) is 0 Å². The fourth-order valence-corrected chi connectivity index (χ4v) is 2.33. The van der Waals surface area contributed by atoms with E-state index in [9.17, 15) is 18.3 Å². The Labute approximate surface area is 104 Å². The number of rotatable bonds is 3. The number of likely N-dealkylation sites (tertiary alicyclic amines) is 1. The van der Waals surface area contributed by atoms with Gasteiger partial charge in [0.25, 0.3) is 0 Å². The molecule has 0 bridgehead atoms. The maximum atomic E-state index is 13.5. The topological polar surface area (TPSA) is 23.5 Å². The van der Waals surface area contributed by atoms with Gasteiger partial charge < -0.3 is 5.11 Å². The summed E-state index contributed by atoms with van der Waals surface area (Å²) in [4.78, 5) is 1.94. The first-order chi connectivity index (χ1) is 8.47. The molecule has 2 nitrogen and oxygen atoms in total. The third-order valence-corrected chi connectivity index (χ3v) is 3.47. The van der Waals surface area contributed by atoms with Crippen molar-refractivity contribution in [1.29, 1.82) is 0 Å². The number of aliphatic hydroxyl groups excluding tert-OH is 1. The molecule has 100 valence electrons. The average Bonchev–Trinajstić information content (AvgIpc) is 2.74. The second-order valence-electron chi connectivity index (χ2n) is 4.88. The van der Waals surface area contributed by atoms with Crippen LogP contribution in [0.15, 0.2) is 12.1 Å². The van der Waals surface area contributed by atoms with Gasteiger partial charge in [0, 0.05) is 24.7 Å². The van der Waals surface area contributed by atoms with Gasteiger partial charge in [-0.3, -0.25) is 4.90 Å². The number of hydrogen-bond donors (Lipinski definition) is 1. The van der Waals surface area contributed by atoms with Crippen LogP contribution in [0.4, 0.5) is 13.2 Å². The minimum atomic E-state index is -1.17. The molecule has 1 aliphatic rings. The zero-order valence-electron chi connectivity index (χ0n) is 10.2. The largest absolute Gasteiger partial charge is 0.393 e. The first-order valence-electron chi connectivity index (χ1n) is 6.01. The van der Waals surface area contributed by atoms with Crippen molar-refractivity contribution in [2.45, 2.75) is 26.0 Å². The van der Waals surface area contributed by atoms with Crippen LogP contribution in [0, 0.1) is 23.4 Å². The summed E-state index contributed by atoms with van der Waals surface area (Å²) < 4.78 is 39.3. The summed E-state index contributed by atoms with van der Waals surface area (Å²) in [5, 5.41) is 9.46. The van der Waals surface area contributed by atoms with Crippen LogP contribution in [0.1, 0.15) is 18.9 Å². The summed E-state index contributed by atoms with van der Waals surface area (Å²) in [6.45, 7) is 3.35. The summed E-state index contributed by atoms with van der Waals surface area (Å²) in [5.41, 5.74) is 0.153. The fourth-order valence-electron chi connectivity index (χ4n) is 2.33. The highest BCUT2D eigenvalue weighted by Crippen LogP contribution is 2.23. The van der Waals surface area contributed by atoms with Crippen molar-refractivity contribution in [3.05, 3.63) is 35.1 Å². The first kappa shape index (κ1) is 13.4. The molecule has 1 aromatic rings. The van der Waals surface area contributed by atoms with Crippen molar-refractivity contribution in [2.75, 3.05) is 13.1 Å². The van der Waals surface area contributed by atoms with Crippen LogP contribution in [0.2, 0.25) is 0 Å². The summed E-state index contributed by atoms with van der Waals surface area (Å²) >= 11 is 0. The Morgan fingerprint density at radius 1 is 1.28 bits per heavy atom. The monoisotopic (exact) mass is 259 g/mol. The predicted molar refractivity (Wildman–Crippen MR) is 61.4 cm³/mol. The Morgan fingerprint density at radius 3 is 2.56 bits per heavy atom. The molecule has 1 heterocycles. The number of halogens is 3. The van der Waals surface area contributed by atoms with Gasteiger partial charge in [0.2, 0.25) is 0 Å². The molecule has 0 radical (unpaired) electrons. The van der Waals surface area contributed by atoms with Gasteiger partial charge in [-0.25, -0.2) is 13.2 Å². The van der Waals surface area contributed by atoms with Gasteiger partial charge in [0.05, 0.1) is 6.10 Å². The quantitative estimate of drug-likeness (QED) is 0.842. The summed E-state index contributed by atoms with van der Waals surface area (Å²) in [6, 6.07) is 1.48. The van der Waals surface area contributed by atoms with Gasteiger partial charge in [-0.05, 0) is 31.9 Å². The van der Waals surface area contributed by atoms with Crippen molar-refractivity contribution >= 4 is 0 Å². The lowest BCUT2D eigenvalue weighted by molar-refractivity contribution is 0.127. The van der Waals surface area contributed by atoms with E-state index in [1.54, 1.807) is 6.92 Å². The standard InChI is InChI=1S/C13H16F3NO/c1-8(18)9-2-3-17(6-9)7-10-4-12(15)13(16)5-11(10)14/h4-5,8-9,18H,2-3,6-7H2,1H3. The Balaban J connectivity index is 2.05. The molecule has 1 saturated heterocycles. The molecule has 0 saturated carbocycles. The molecule has 2 rings (SSSR count). The average molecular weight is 259 g/mol. The number of benzene rings is 1. The zero-order valence-corrected chi connectivity index (χ0v) is 10.2. The maximum absolute atomic E-state index is 13.5. The molecule has 5 heteroatoms. The SMILES string of the molecule is CC(O)C1CCN(Cc2cc(F)c(F)cc2F)C1. The third-order valence-electron chi connectivity index (χ3n) is 3.47. The second kappa shape index (κ2) is 5.28. The number of hydrogen-bond acceptors (Lipinski definition) is 2. The molecule has 0 aliphatic carbocycles. The fraction of sp³-hybridized carbons (Fsp3) is 0.538. The van der Waals surface area contributed by atoms with Gasteiger partial charge in [0.15, 0.2) is 11.6 Å². The molecule has 1 aliphatic heterocycles. The van der Waals surface area contributed by atoms with Crippen LogP contribution in [0.3, 0.4) is 0 Å². The molecule has 0 spiro atoms. The normalized spacial score (nSPS) is 22.4. The van der Waals surface area contributed by atoms with E-state index in [2.05, 4.69) is 0 Å². The molecule has 0 amide bonds. The van der Waals surface area contributed by atoms with Gasteiger partial charge in [-0.15, -0.1) is 0 Å². The highest BCUT2D eigenvalue weighted by Gasteiger charge is 2.26. The molecule has 0 aromatic heterocycles. The minimum absolute atomic E-state index is 0.153. The molecule has 1 N–H and O–H groups in total. The molecule has 2 atom stereocenters. The molecule has 1 fully saturated rings. The van der Waals surface area contributed by atoms with Crippen LogP contribution in [-0.2, 0) is 6.54 Å². The Morgan fingerprint density at radius 2 is 1.94 bits per heavy atom. The number of nitrogens with zero attached hydrogens (tertiary/aromatic N) is 1. The van der Waals surface area contributed by atoms with E-state index in [0.29, 0.717) is 12.6 Å². The van der Waals surface area contributed by atoms with E-state index in [-0.39, 0.29) is 18.0 Å². The summed E-state index contributed by atoms with van der Waals surface area (Å²) in [7, 11) is 0. The molecule has 1 aromatic carbocycles. The summed E-state index contributed by atoms with van der Waals surface area (Å²) in [5.74, 6) is -2.76. The van der Waals surface area contributed by atoms with Crippen LogP contribution in [0.5, 0.6) is 0 Å². The van der Waals surface area contributed by atoms with Crippen LogP contribution in [0.25, 0.3) is 0 Å². The summed E-state index contributed by atoms with van der Waals surface area (Å²) in [6.07, 6.45) is 0.438. The van der Waals surface area contributed by atoms with Crippen LogP contribution in [-0.4, -0.2) is 29.2 Å². The Kier molecular flexibility index (Phi) is 3.92. The van der Waals surface area contributed by atoms with Gasteiger partial charge in [-0.1, -0.05) is 0 Å². The molecular weight excluding hydrogens is 243 g/mol. The number of aliphatic hydroxyl groups is 1. The lowest BCUT2D eigenvalue weighted by Crippen LogP contribution is -2.24. The van der Waals surface area contributed by atoms with Crippen molar-refractivity contribution in [3.63, 3.8) is 0 Å².